The average molecular weight is 393 g/mol. The van der Waals surface area contributed by atoms with Crippen molar-refractivity contribution in [1.29, 1.82) is 0 Å². The number of carboxylic acid groups (broad SMARTS) is 1. The van der Waals surface area contributed by atoms with Crippen molar-refractivity contribution in [2.75, 3.05) is 13.1 Å². The second kappa shape index (κ2) is 9.14. The smallest absolute Gasteiger partial charge is 0.335 e. The van der Waals surface area contributed by atoms with Crippen molar-refractivity contribution in [2.24, 2.45) is 0 Å². The summed E-state index contributed by atoms with van der Waals surface area (Å²) in [5.74, 6) is -0.340. The molecule has 0 saturated carbocycles. The van der Waals surface area contributed by atoms with Crippen LogP contribution in [0.1, 0.15) is 47.4 Å². The van der Waals surface area contributed by atoms with Crippen LogP contribution < -0.4 is 0 Å². The largest absolute Gasteiger partial charge is 0.478 e. The van der Waals surface area contributed by atoms with Gasteiger partial charge in [-0.2, -0.15) is 0 Å². The molecule has 3 rings (SSSR count). The van der Waals surface area contributed by atoms with E-state index in [-0.39, 0.29) is 11.5 Å². The van der Waals surface area contributed by atoms with E-state index in [9.17, 15) is 9.59 Å². The molecule has 3 aromatic rings. The van der Waals surface area contributed by atoms with Gasteiger partial charge in [0.1, 0.15) is 0 Å². The third-order valence-corrected chi connectivity index (χ3v) is 4.46. The fourth-order valence-electron chi connectivity index (χ4n) is 3.00. The van der Waals surface area contributed by atoms with E-state index in [0.29, 0.717) is 28.5 Å². The molecular formula is C22H23N3O4. The molecule has 7 heteroatoms. The second-order valence-corrected chi connectivity index (χ2v) is 6.66. The van der Waals surface area contributed by atoms with Gasteiger partial charge in [0.05, 0.1) is 5.56 Å². The molecule has 0 aliphatic carbocycles. The zero-order valence-corrected chi connectivity index (χ0v) is 16.5. The van der Waals surface area contributed by atoms with Crippen LogP contribution in [0.15, 0.2) is 52.9 Å². The lowest BCUT2D eigenvalue weighted by molar-refractivity contribution is 0.0695. The molecule has 1 N–H and O–H groups in total. The van der Waals surface area contributed by atoms with Crippen LogP contribution in [-0.4, -0.2) is 45.2 Å². The maximum atomic E-state index is 12.7. The number of carbonyl (C=O) groups excluding carboxylic acids is 1. The van der Waals surface area contributed by atoms with Crippen molar-refractivity contribution in [2.45, 2.75) is 26.7 Å². The zero-order chi connectivity index (χ0) is 20.8. The summed E-state index contributed by atoms with van der Waals surface area (Å²) in [7, 11) is 0. The number of carbonyl (C=O) groups is 2. The maximum absolute atomic E-state index is 12.7. The number of nitrogens with zero attached hydrogens (tertiary/aromatic N) is 3. The summed E-state index contributed by atoms with van der Waals surface area (Å²) in [4.78, 5) is 25.5. The molecule has 0 saturated heterocycles. The van der Waals surface area contributed by atoms with Gasteiger partial charge in [-0.05, 0) is 61.4 Å². The van der Waals surface area contributed by atoms with E-state index in [1.807, 2.05) is 4.90 Å². The molecule has 0 aliphatic heterocycles. The lowest BCUT2D eigenvalue weighted by Gasteiger charge is -2.21. The quantitative estimate of drug-likeness (QED) is 0.611. The Morgan fingerprint density at radius 3 is 1.69 bits per heavy atom. The lowest BCUT2D eigenvalue weighted by Crippen LogP contribution is -2.32. The van der Waals surface area contributed by atoms with Gasteiger partial charge in [0.15, 0.2) is 0 Å². The number of hydrogen-bond donors (Lipinski definition) is 1. The average Bonchev–Trinajstić information content (AvgIpc) is 3.23. The fourth-order valence-corrected chi connectivity index (χ4v) is 3.00. The van der Waals surface area contributed by atoms with E-state index >= 15 is 0 Å². The SMILES string of the molecule is CCCN(CCC)C(=O)c1ccc(-c2nnc(-c3ccc(C(=O)O)cc3)o2)cc1. The number of rotatable bonds is 8. The molecule has 0 spiro atoms. The molecule has 0 fully saturated rings. The van der Waals surface area contributed by atoms with Crippen molar-refractivity contribution in [3.8, 4) is 22.9 Å². The Labute approximate surface area is 169 Å². The first-order valence-electron chi connectivity index (χ1n) is 9.60. The van der Waals surface area contributed by atoms with Crippen molar-refractivity contribution < 1.29 is 19.1 Å². The van der Waals surface area contributed by atoms with Gasteiger partial charge in [-0.25, -0.2) is 4.79 Å². The topological polar surface area (TPSA) is 96.5 Å². The molecule has 0 radical (unpaired) electrons. The molecule has 7 nitrogen and oxygen atoms in total. The zero-order valence-electron chi connectivity index (χ0n) is 16.5. The molecule has 0 atom stereocenters. The highest BCUT2D eigenvalue weighted by Gasteiger charge is 2.16. The van der Waals surface area contributed by atoms with Gasteiger partial charge in [-0.1, -0.05) is 13.8 Å². The van der Waals surface area contributed by atoms with E-state index in [1.54, 1.807) is 36.4 Å². The maximum Gasteiger partial charge on any atom is 0.335 e. The number of hydrogen-bond acceptors (Lipinski definition) is 5. The molecule has 150 valence electrons. The summed E-state index contributed by atoms with van der Waals surface area (Å²) < 4.78 is 5.72. The van der Waals surface area contributed by atoms with Gasteiger partial charge >= 0.3 is 5.97 Å². The second-order valence-electron chi connectivity index (χ2n) is 6.66. The van der Waals surface area contributed by atoms with Crippen LogP contribution in [-0.2, 0) is 0 Å². The summed E-state index contributed by atoms with van der Waals surface area (Å²) in [6, 6.07) is 13.3. The van der Waals surface area contributed by atoms with E-state index in [0.717, 1.165) is 25.9 Å². The van der Waals surface area contributed by atoms with Gasteiger partial charge in [0.25, 0.3) is 5.91 Å². The van der Waals surface area contributed by atoms with Crippen molar-refractivity contribution in [3.05, 3.63) is 59.7 Å². The predicted molar refractivity (Wildman–Crippen MR) is 109 cm³/mol. The highest BCUT2D eigenvalue weighted by Crippen LogP contribution is 2.24. The van der Waals surface area contributed by atoms with Gasteiger partial charge in [0, 0.05) is 29.8 Å². The molecule has 0 unspecified atom stereocenters. The molecule has 1 aromatic heterocycles. The number of benzene rings is 2. The third kappa shape index (κ3) is 4.68. The Bertz CT molecular complexity index is 972. The predicted octanol–water partition coefficient (Wildman–Crippen LogP) is 4.36. The molecular weight excluding hydrogens is 370 g/mol. The first kappa shape index (κ1) is 20.3. The van der Waals surface area contributed by atoms with Gasteiger partial charge in [-0.15, -0.1) is 10.2 Å². The monoisotopic (exact) mass is 393 g/mol. The minimum Gasteiger partial charge on any atom is -0.478 e. The normalized spacial score (nSPS) is 10.7. The van der Waals surface area contributed by atoms with E-state index in [1.165, 1.54) is 12.1 Å². The minimum atomic E-state index is -0.992. The summed E-state index contributed by atoms with van der Waals surface area (Å²) in [6.07, 6.45) is 1.84. The molecule has 1 amide bonds. The molecule has 0 aliphatic rings. The van der Waals surface area contributed by atoms with Crippen molar-refractivity contribution in [3.63, 3.8) is 0 Å². The Kier molecular flexibility index (Phi) is 6.39. The van der Waals surface area contributed by atoms with Crippen LogP contribution in [0, 0.1) is 0 Å². The Morgan fingerprint density at radius 1 is 0.828 bits per heavy atom. The van der Waals surface area contributed by atoms with Crippen LogP contribution in [0.3, 0.4) is 0 Å². The molecule has 29 heavy (non-hydrogen) atoms. The van der Waals surface area contributed by atoms with Crippen molar-refractivity contribution >= 4 is 11.9 Å². The van der Waals surface area contributed by atoms with Crippen LogP contribution in [0.25, 0.3) is 22.9 Å². The number of aromatic carboxylic acids is 1. The first-order chi connectivity index (χ1) is 14.0. The van der Waals surface area contributed by atoms with E-state index in [4.69, 9.17) is 9.52 Å². The van der Waals surface area contributed by atoms with Crippen molar-refractivity contribution in [1.82, 2.24) is 15.1 Å². The van der Waals surface area contributed by atoms with Crippen LogP contribution in [0.2, 0.25) is 0 Å². The van der Waals surface area contributed by atoms with Gasteiger partial charge in [-0.3, -0.25) is 4.79 Å². The number of carboxylic acids is 1. The molecule has 0 bridgehead atoms. The minimum absolute atomic E-state index is 0.0185. The molecule has 2 aromatic carbocycles. The van der Waals surface area contributed by atoms with E-state index in [2.05, 4.69) is 24.0 Å². The highest BCUT2D eigenvalue weighted by molar-refractivity contribution is 5.94. The van der Waals surface area contributed by atoms with E-state index < -0.39 is 5.97 Å². The van der Waals surface area contributed by atoms with Crippen LogP contribution >= 0.6 is 0 Å². The Hall–Kier alpha value is -3.48. The summed E-state index contributed by atoms with van der Waals surface area (Å²) in [5, 5.41) is 17.1. The summed E-state index contributed by atoms with van der Waals surface area (Å²) >= 11 is 0. The number of amides is 1. The lowest BCUT2D eigenvalue weighted by atomic mass is 10.1. The van der Waals surface area contributed by atoms with Gasteiger partial charge in [0.2, 0.25) is 11.8 Å². The Balaban J connectivity index is 1.77. The molecule has 1 heterocycles. The highest BCUT2D eigenvalue weighted by atomic mass is 16.4. The van der Waals surface area contributed by atoms with Crippen LogP contribution in [0.4, 0.5) is 0 Å². The van der Waals surface area contributed by atoms with Gasteiger partial charge < -0.3 is 14.4 Å². The first-order valence-corrected chi connectivity index (χ1v) is 9.60. The summed E-state index contributed by atoms with van der Waals surface area (Å²) in [6.45, 7) is 5.59. The standard InChI is InChI=1S/C22H23N3O4/c1-3-13-25(14-4-2)21(26)17-9-5-15(6-10-17)19-23-24-20(29-19)16-7-11-18(12-8-16)22(27)28/h5-12H,3-4,13-14H2,1-2H3,(H,27,28). The Morgan fingerprint density at radius 2 is 1.28 bits per heavy atom. The summed E-state index contributed by atoms with van der Waals surface area (Å²) in [5.41, 5.74) is 2.16. The van der Waals surface area contributed by atoms with Crippen LogP contribution in [0.5, 0.6) is 0 Å². The number of aromatic nitrogens is 2. The third-order valence-electron chi connectivity index (χ3n) is 4.46. The fraction of sp³-hybridized carbons (Fsp3) is 0.273.